The van der Waals surface area contributed by atoms with Gasteiger partial charge in [-0.25, -0.2) is 0 Å². The fourth-order valence-electron chi connectivity index (χ4n) is 0.402. The van der Waals surface area contributed by atoms with Crippen LogP contribution in [-0.2, 0) is 9.59 Å². The Balaban J connectivity index is 0. The van der Waals surface area contributed by atoms with E-state index in [0.29, 0.717) is 0 Å². The van der Waals surface area contributed by atoms with Crippen molar-refractivity contribution in [1.29, 1.82) is 0 Å². The Hall–Kier alpha value is -1.90. The zero-order chi connectivity index (χ0) is 11.7. The number of nitrogens with zero attached hydrogens (tertiary/aromatic N) is 1. The van der Waals surface area contributed by atoms with Crippen LogP contribution < -0.4 is 5.73 Å². The van der Waals surface area contributed by atoms with Gasteiger partial charge in [0.05, 0.1) is 0 Å². The smallest absolute Gasteiger partial charge is 0.320 e. The number of rotatable bonds is 4. The highest BCUT2D eigenvalue weighted by atomic mass is 16.9. The SMILES string of the molecule is N[C@@H](CCC(=O)O)C(=O)O.O=[N+]([O-])O. The van der Waals surface area contributed by atoms with E-state index in [2.05, 4.69) is 0 Å². The average Bonchev–Trinajstić information content (AvgIpc) is 1.98. The number of hydrogen-bond donors (Lipinski definition) is 4. The third-order valence-corrected chi connectivity index (χ3v) is 0.986. The highest BCUT2D eigenvalue weighted by Crippen LogP contribution is 1.93. The molecule has 0 amide bonds. The minimum Gasteiger partial charge on any atom is -0.481 e. The molecule has 0 aromatic carbocycles. The van der Waals surface area contributed by atoms with E-state index in [1.807, 2.05) is 0 Å². The van der Waals surface area contributed by atoms with E-state index >= 15 is 0 Å². The maximum absolute atomic E-state index is 9.99. The van der Waals surface area contributed by atoms with Crippen LogP contribution in [0.4, 0.5) is 0 Å². The monoisotopic (exact) mass is 210 g/mol. The van der Waals surface area contributed by atoms with Gasteiger partial charge in [-0.05, 0) is 6.42 Å². The van der Waals surface area contributed by atoms with Gasteiger partial charge in [-0.2, -0.15) is 0 Å². The summed E-state index contributed by atoms with van der Waals surface area (Å²) in [7, 11) is 0. The number of carboxylic acids is 2. The fourth-order valence-corrected chi connectivity index (χ4v) is 0.402. The van der Waals surface area contributed by atoms with Crippen molar-refractivity contribution in [3.05, 3.63) is 10.1 Å². The molecule has 0 aromatic rings. The molecule has 0 aromatic heterocycles. The zero-order valence-electron chi connectivity index (χ0n) is 6.99. The maximum atomic E-state index is 9.99. The number of aliphatic carboxylic acids is 2. The third kappa shape index (κ3) is 16.6. The van der Waals surface area contributed by atoms with Gasteiger partial charge in [0.2, 0.25) is 0 Å². The molecular formula is C5H10N2O7. The Labute approximate surface area is 77.9 Å². The van der Waals surface area contributed by atoms with Gasteiger partial charge in [-0.1, -0.05) is 0 Å². The van der Waals surface area contributed by atoms with E-state index in [0.717, 1.165) is 0 Å². The van der Waals surface area contributed by atoms with Crippen molar-refractivity contribution in [2.24, 2.45) is 5.73 Å². The largest absolute Gasteiger partial charge is 0.481 e. The van der Waals surface area contributed by atoms with Crippen molar-refractivity contribution in [1.82, 2.24) is 0 Å². The normalized spacial score (nSPS) is 10.6. The summed E-state index contributed by atoms with van der Waals surface area (Å²) in [5.41, 5.74) is 5.00. The summed E-state index contributed by atoms with van der Waals surface area (Å²) in [4.78, 5) is 28.2. The van der Waals surface area contributed by atoms with Crippen molar-refractivity contribution in [3.63, 3.8) is 0 Å². The molecule has 9 nitrogen and oxygen atoms in total. The van der Waals surface area contributed by atoms with Crippen molar-refractivity contribution in [2.75, 3.05) is 0 Å². The molecule has 1 atom stereocenters. The lowest BCUT2D eigenvalue weighted by molar-refractivity contribution is -0.742. The summed E-state index contributed by atoms with van der Waals surface area (Å²) in [5.74, 6) is -2.20. The van der Waals surface area contributed by atoms with Crippen molar-refractivity contribution < 1.29 is 30.1 Å². The summed E-state index contributed by atoms with van der Waals surface area (Å²) >= 11 is 0. The summed E-state index contributed by atoms with van der Waals surface area (Å²) < 4.78 is 0. The second-order valence-electron chi connectivity index (χ2n) is 2.11. The molecular weight excluding hydrogens is 200 g/mol. The predicted octanol–water partition coefficient (Wildman–Crippen LogP) is -1.08. The average molecular weight is 210 g/mol. The Morgan fingerprint density at radius 2 is 1.79 bits per heavy atom. The highest BCUT2D eigenvalue weighted by Gasteiger charge is 2.12. The minimum absolute atomic E-state index is 0.0231. The number of hydrogen-bond acceptors (Lipinski definition) is 5. The fraction of sp³-hybridized carbons (Fsp3) is 0.600. The molecule has 82 valence electrons. The zero-order valence-corrected chi connectivity index (χ0v) is 6.99. The van der Waals surface area contributed by atoms with Crippen LogP contribution in [0, 0.1) is 10.1 Å². The van der Waals surface area contributed by atoms with E-state index in [1.54, 1.807) is 0 Å². The molecule has 0 rings (SSSR count). The van der Waals surface area contributed by atoms with Gasteiger partial charge in [-0.15, -0.1) is 10.1 Å². The molecule has 0 fully saturated rings. The number of carboxylic acid groups (broad SMARTS) is 2. The minimum atomic E-state index is -1.50. The van der Waals surface area contributed by atoms with Gasteiger partial charge in [0.25, 0.3) is 5.09 Å². The molecule has 0 saturated carbocycles. The Bertz CT molecular complexity index is 212. The molecule has 0 aliphatic heterocycles. The number of carbonyl (C=O) groups is 2. The second kappa shape index (κ2) is 7.73. The van der Waals surface area contributed by atoms with Crippen LogP contribution in [0.3, 0.4) is 0 Å². The first-order valence-corrected chi connectivity index (χ1v) is 3.30. The lowest BCUT2D eigenvalue weighted by atomic mass is 10.2. The molecule has 5 N–H and O–H groups in total. The standard InChI is InChI=1S/C5H9NO4.HNO3/c6-3(5(9)10)1-2-4(7)8;2-1(3)4/h3H,1-2,6H2,(H,7,8)(H,9,10);(H,2,3,4)/t3-;/m0./s1. The van der Waals surface area contributed by atoms with Crippen LogP contribution in [0.5, 0.6) is 0 Å². The molecule has 0 heterocycles. The lowest BCUT2D eigenvalue weighted by Gasteiger charge is -2.01. The lowest BCUT2D eigenvalue weighted by Crippen LogP contribution is -2.30. The molecule has 0 radical (unpaired) electrons. The Morgan fingerprint density at radius 1 is 1.43 bits per heavy atom. The Kier molecular flexibility index (Phi) is 8.07. The van der Waals surface area contributed by atoms with Crippen molar-refractivity contribution in [3.8, 4) is 0 Å². The molecule has 9 heteroatoms. The Morgan fingerprint density at radius 3 is 2.00 bits per heavy atom. The summed E-state index contributed by atoms with van der Waals surface area (Å²) in [6.07, 6.45) is -0.224. The molecule has 0 bridgehead atoms. The van der Waals surface area contributed by atoms with Crippen LogP contribution >= 0.6 is 0 Å². The first-order chi connectivity index (χ1) is 6.27. The van der Waals surface area contributed by atoms with E-state index in [1.165, 1.54) is 0 Å². The summed E-state index contributed by atoms with van der Waals surface area (Å²) in [6, 6.07) is -1.06. The number of nitrogens with two attached hydrogens (primary N) is 1. The van der Waals surface area contributed by atoms with Crippen molar-refractivity contribution in [2.45, 2.75) is 18.9 Å². The molecule has 0 unspecified atom stereocenters. The van der Waals surface area contributed by atoms with Crippen LogP contribution in [0.25, 0.3) is 0 Å². The summed E-state index contributed by atoms with van der Waals surface area (Å²) in [5, 5.41) is 29.9. The predicted molar refractivity (Wildman–Crippen MR) is 41.3 cm³/mol. The van der Waals surface area contributed by atoms with E-state index in [9.17, 15) is 9.59 Å². The third-order valence-electron chi connectivity index (χ3n) is 0.986. The van der Waals surface area contributed by atoms with Gasteiger partial charge >= 0.3 is 11.9 Å². The van der Waals surface area contributed by atoms with Gasteiger partial charge < -0.3 is 21.2 Å². The molecule has 0 saturated heterocycles. The van der Waals surface area contributed by atoms with Crippen LogP contribution in [0.1, 0.15) is 12.8 Å². The van der Waals surface area contributed by atoms with Crippen LogP contribution in [0.15, 0.2) is 0 Å². The van der Waals surface area contributed by atoms with Crippen LogP contribution in [0.2, 0.25) is 0 Å². The van der Waals surface area contributed by atoms with Gasteiger partial charge in [0.15, 0.2) is 0 Å². The molecule has 0 spiro atoms. The molecule has 14 heavy (non-hydrogen) atoms. The van der Waals surface area contributed by atoms with Gasteiger partial charge in [-0.3, -0.25) is 9.59 Å². The van der Waals surface area contributed by atoms with Crippen LogP contribution in [-0.4, -0.2) is 38.5 Å². The van der Waals surface area contributed by atoms with E-state index in [-0.39, 0.29) is 12.8 Å². The topological polar surface area (TPSA) is 164 Å². The second-order valence-corrected chi connectivity index (χ2v) is 2.11. The highest BCUT2D eigenvalue weighted by molar-refractivity contribution is 5.74. The molecule has 0 aliphatic rings. The molecule has 0 aliphatic carbocycles. The van der Waals surface area contributed by atoms with E-state index < -0.39 is 23.1 Å². The first-order valence-electron chi connectivity index (χ1n) is 3.30. The van der Waals surface area contributed by atoms with Gasteiger partial charge in [0.1, 0.15) is 6.04 Å². The maximum Gasteiger partial charge on any atom is 0.320 e. The quantitative estimate of drug-likeness (QED) is 0.335. The van der Waals surface area contributed by atoms with Gasteiger partial charge in [0, 0.05) is 6.42 Å². The first kappa shape index (κ1) is 14.6. The van der Waals surface area contributed by atoms with E-state index in [4.69, 9.17) is 31.3 Å². The van der Waals surface area contributed by atoms with Crippen molar-refractivity contribution >= 4 is 11.9 Å². The summed E-state index contributed by atoms with van der Waals surface area (Å²) in [6.45, 7) is 0.